The van der Waals surface area contributed by atoms with Gasteiger partial charge in [0.15, 0.2) is 0 Å². The number of hydrogen-bond acceptors (Lipinski definition) is 2. The van der Waals surface area contributed by atoms with Crippen molar-refractivity contribution in [1.82, 2.24) is 4.90 Å². The van der Waals surface area contributed by atoms with Crippen molar-refractivity contribution in [1.29, 1.82) is 0 Å². The van der Waals surface area contributed by atoms with Crippen LogP contribution in [0, 0.1) is 5.82 Å². The molecule has 1 N–H and O–H groups in total. The summed E-state index contributed by atoms with van der Waals surface area (Å²) in [4.78, 5) is 14.0. The van der Waals surface area contributed by atoms with Crippen LogP contribution in [0.4, 0.5) is 10.1 Å². The van der Waals surface area contributed by atoms with Crippen LogP contribution in [-0.4, -0.2) is 29.9 Å². The topological polar surface area (TPSA) is 32.3 Å². The summed E-state index contributed by atoms with van der Waals surface area (Å²) in [6, 6.07) is 4.36. The second kappa shape index (κ2) is 5.69. The molecule has 1 saturated heterocycles. The molecule has 0 aliphatic carbocycles. The minimum atomic E-state index is -0.306. The molecule has 0 aromatic heterocycles. The lowest BCUT2D eigenvalue weighted by atomic mass is 10.2. The Labute approximate surface area is 114 Å². The molecule has 0 spiro atoms. The van der Waals surface area contributed by atoms with E-state index >= 15 is 0 Å². The Morgan fingerprint density at radius 2 is 2.11 bits per heavy atom. The van der Waals surface area contributed by atoms with Gasteiger partial charge >= 0.3 is 0 Å². The maximum atomic E-state index is 13.1. The predicted octanol–water partition coefficient (Wildman–Crippen LogP) is 3.01. The molecule has 0 radical (unpaired) electrons. The number of hydrogen-bond donors (Lipinski definition) is 1. The zero-order valence-corrected chi connectivity index (χ0v) is 11.8. The van der Waals surface area contributed by atoms with Crippen LogP contribution < -0.4 is 5.32 Å². The molecule has 1 aliphatic heterocycles. The first-order chi connectivity index (χ1) is 8.58. The molecule has 5 heteroatoms. The van der Waals surface area contributed by atoms with E-state index in [2.05, 4.69) is 21.2 Å². The molecule has 18 heavy (non-hydrogen) atoms. The second-order valence-electron chi connectivity index (χ2n) is 4.53. The van der Waals surface area contributed by atoms with Crippen LogP contribution >= 0.6 is 15.9 Å². The fraction of sp³-hybridized carbons (Fsp3) is 0.462. The molecule has 98 valence electrons. The van der Waals surface area contributed by atoms with Crippen LogP contribution in [0.15, 0.2) is 22.7 Å². The summed E-state index contributed by atoms with van der Waals surface area (Å²) < 4.78 is 13.5. The summed E-state index contributed by atoms with van der Waals surface area (Å²) in [6.07, 6.45) is 2.17. The molecule has 3 nitrogen and oxygen atoms in total. The summed E-state index contributed by atoms with van der Waals surface area (Å²) in [5.41, 5.74) is 0.739. The first kappa shape index (κ1) is 13.3. The first-order valence-electron chi connectivity index (χ1n) is 6.08. The third-order valence-corrected chi connectivity index (χ3v) is 3.70. The quantitative estimate of drug-likeness (QED) is 0.930. The highest BCUT2D eigenvalue weighted by atomic mass is 79.9. The molecule has 0 saturated carbocycles. The minimum absolute atomic E-state index is 0.105. The number of anilines is 1. The highest BCUT2D eigenvalue weighted by Gasteiger charge is 2.23. The lowest BCUT2D eigenvalue weighted by molar-refractivity contribution is -0.130. The van der Waals surface area contributed by atoms with Crippen molar-refractivity contribution in [3.8, 4) is 0 Å². The molecule has 1 amide bonds. The fourth-order valence-corrected chi connectivity index (χ4v) is 2.49. The van der Waals surface area contributed by atoms with Crippen molar-refractivity contribution in [2.75, 3.05) is 18.4 Å². The van der Waals surface area contributed by atoms with Crippen molar-refractivity contribution in [3.05, 3.63) is 28.5 Å². The number of carbonyl (C=O) groups is 1. The normalized spacial score (nSPS) is 16.7. The van der Waals surface area contributed by atoms with Crippen molar-refractivity contribution in [2.24, 2.45) is 0 Å². The largest absolute Gasteiger partial charge is 0.374 e. The van der Waals surface area contributed by atoms with Crippen LogP contribution in [0.5, 0.6) is 0 Å². The average molecular weight is 315 g/mol. The SMILES string of the molecule is CC(Nc1ccc(F)c(Br)c1)C(=O)N1CCCC1. The third-order valence-electron chi connectivity index (χ3n) is 3.09. The number of amides is 1. The van der Waals surface area contributed by atoms with E-state index in [0.717, 1.165) is 31.6 Å². The first-order valence-corrected chi connectivity index (χ1v) is 6.87. The summed E-state index contributed by atoms with van der Waals surface area (Å²) in [5, 5.41) is 3.10. The number of halogens is 2. The maximum absolute atomic E-state index is 13.1. The van der Waals surface area contributed by atoms with E-state index in [9.17, 15) is 9.18 Å². The molecule has 1 atom stereocenters. The van der Waals surface area contributed by atoms with Gasteiger partial charge in [-0.25, -0.2) is 4.39 Å². The van der Waals surface area contributed by atoms with Gasteiger partial charge in [-0.2, -0.15) is 0 Å². The van der Waals surface area contributed by atoms with Gasteiger partial charge in [-0.15, -0.1) is 0 Å². The van der Waals surface area contributed by atoms with Gasteiger partial charge in [0.1, 0.15) is 11.9 Å². The van der Waals surface area contributed by atoms with Gasteiger partial charge in [-0.3, -0.25) is 4.79 Å². The van der Waals surface area contributed by atoms with Gasteiger partial charge in [-0.1, -0.05) is 0 Å². The highest BCUT2D eigenvalue weighted by Crippen LogP contribution is 2.21. The lowest BCUT2D eigenvalue weighted by Crippen LogP contribution is -2.39. The lowest BCUT2D eigenvalue weighted by Gasteiger charge is -2.22. The standard InChI is InChI=1S/C13H16BrFN2O/c1-9(13(18)17-6-2-3-7-17)16-10-4-5-12(15)11(14)8-10/h4-5,8-9,16H,2-3,6-7H2,1H3. The average Bonchev–Trinajstić information content (AvgIpc) is 2.86. The van der Waals surface area contributed by atoms with Crippen molar-refractivity contribution < 1.29 is 9.18 Å². The van der Waals surface area contributed by atoms with Crippen molar-refractivity contribution >= 4 is 27.5 Å². The van der Waals surface area contributed by atoms with Gasteiger partial charge in [0.05, 0.1) is 4.47 Å². The number of carbonyl (C=O) groups excluding carboxylic acids is 1. The van der Waals surface area contributed by atoms with Gasteiger partial charge in [0, 0.05) is 18.8 Å². The number of rotatable bonds is 3. The van der Waals surface area contributed by atoms with Gasteiger partial charge in [0.2, 0.25) is 5.91 Å². The molecule has 1 heterocycles. The van der Waals surface area contributed by atoms with Crippen LogP contribution in [-0.2, 0) is 4.79 Å². The number of nitrogens with one attached hydrogen (secondary N) is 1. The Hall–Kier alpha value is -1.10. The Morgan fingerprint density at radius 1 is 1.44 bits per heavy atom. The second-order valence-corrected chi connectivity index (χ2v) is 5.38. The van der Waals surface area contributed by atoms with E-state index in [-0.39, 0.29) is 17.8 Å². The van der Waals surface area contributed by atoms with E-state index < -0.39 is 0 Å². The van der Waals surface area contributed by atoms with Crippen LogP contribution in [0.3, 0.4) is 0 Å². The van der Waals surface area contributed by atoms with E-state index in [4.69, 9.17) is 0 Å². The smallest absolute Gasteiger partial charge is 0.244 e. The summed E-state index contributed by atoms with van der Waals surface area (Å²) in [6.45, 7) is 3.52. The number of benzene rings is 1. The summed E-state index contributed by atoms with van der Waals surface area (Å²) in [5.74, 6) is -0.202. The molecule has 1 fully saturated rings. The molecule has 2 rings (SSSR count). The van der Waals surface area contributed by atoms with Gasteiger partial charge in [0.25, 0.3) is 0 Å². The predicted molar refractivity (Wildman–Crippen MR) is 73.0 cm³/mol. The molecule has 1 unspecified atom stereocenters. The van der Waals surface area contributed by atoms with Crippen LogP contribution in [0.25, 0.3) is 0 Å². The molecular weight excluding hydrogens is 299 g/mol. The molecule has 1 aromatic rings. The Bertz CT molecular complexity index is 447. The zero-order chi connectivity index (χ0) is 13.1. The monoisotopic (exact) mass is 314 g/mol. The third kappa shape index (κ3) is 3.02. The minimum Gasteiger partial charge on any atom is -0.374 e. The van der Waals surface area contributed by atoms with E-state index in [0.29, 0.717) is 4.47 Å². The van der Waals surface area contributed by atoms with E-state index in [1.54, 1.807) is 12.1 Å². The number of nitrogens with zero attached hydrogens (tertiary/aromatic N) is 1. The number of likely N-dealkylation sites (tertiary alicyclic amines) is 1. The Balaban J connectivity index is 1.99. The maximum Gasteiger partial charge on any atom is 0.244 e. The molecule has 1 aliphatic rings. The van der Waals surface area contributed by atoms with Gasteiger partial charge < -0.3 is 10.2 Å². The molecular formula is C13H16BrFN2O. The zero-order valence-electron chi connectivity index (χ0n) is 10.2. The highest BCUT2D eigenvalue weighted by molar-refractivity contribution is 9.10. The Kier molecular flexibility index (Phi) is 4.22. The fourth-order valence-electron chi connectivity index (χ4n) is 2.11. The summed E-state index contributed by atoms with van der Waals surface area (Å²) in [7, 11) is 0. The van der Waals surface area contributed by atoms with E-state index in [1.165, 1.54) is 6.07 Å². The summed E-state index contributed by atoms with van der Waals surface area (Å²) >= 11 is 3.13. The van der Waals surface area contributed by atoms with Crippen LogP contribution in [0.2, 0.25) is 0 Å². The Morgan fingerprint density at radius 3 is 2.72 bits per heavy atom. The molecule has 1 aromatic carbocycles. The van der Waals surface area contributed by atoms with E-state index in [1.807, 2.05) is 11.8 Å². The molecule has 0 bridgehead atoms. The van der Waals surface area contributed by atoms with Gasteiger partial charge in [-0.05, 0) is 53.9 Å². The van der Waals surface area contributed by atoms with Crippen molar-refractivity contribution in [2.45, 2.75) is 25.8 Å². The van der Waals surface area contributed by atoms with Crippen LogP contribution in [0.1, 0.15) is 19.8 Å². The van der Waals surface area contributed by atoms with Crippen molar-refractivity contribution in [3.63, 3.8) is 0 Å².